The third-order valence-corrected chi connectivity index (χ3v) is 3.90. The predicted octanol–water partition coefficient (Wildman–Crippen LogP) is 1.22. The van der Waals surface area contributed by atoms with Crippen LogP contribution in [0.15, 0.2) is 0 Å². The maximum absolute atomic E-state index is 5.88. The van der Waals surface area contributed by atoms with Crippen molar-refractivity contribution in [1.29, 1.82) is 0 Å². The highest BCUT2D eigenvalue weighted by atomic mass is 16.7. The standard InChI is InChI=1S/C10H18B2O4/c1-9(2)7-5-6-8-10(3,4)16-12(14-8)11(13-7)15-9/h7-8H,5-6H2,1-4H3. The van der Waals surface area contributed by atoms with E-state index in [2.05, 4.69) is 27.7 Å². The molecule has 0 aromatic rings. The van der Waals surface area contributed by atoms with Crippen LogP contribution in [0.3, 0.4) is 0 Å². The molecule has 0 spiro atoms. The van der Waals surface area contributed by atoms with Crippen LogP contribution in [-0.2, 0) is 18.6 Å². The molecule has 4 bridgehead atoms. The van der Waals surface area contributed by atoms with Gasteiger partial charge >= 0.3 is 14.0 Å². The minimum absolute atomic E-state index is 0.156. The summed E-state index contributed by atoms with van der Waals surface area (Å²) in [7, 11) is -0.742. The van der Waals surface area contributed by atoms with E-state index >= 15 is 0 Å². The van der Waals surface area contributed by atoms with Crippen LogP contribution in [0.2, 0.25) is 0 Å². The Labute approximate surface area is 97.2 Å². The molecule has 3 fully saturated rings. The second-order valence-electron chi connectivity index (χ2n) is 6.01. The smallest absolute Gasteiger partial charge is 0.408 e. The summed E-state index contributed by atoms with van der Waals surface area (Å²) in [6, 6.07) is 0. The van der Waals surface area contributed by atoms with E-state index in [0.717, 1.165) is 12.8 Å². The van der Waals surface area contributed by atoms with Gasteiger partial charge in [-0.15, -0.1) is 0 Å². The maximum atomic E-state index is 5.88. The highest BCUT2D eigenvalue weighted by Gasteiger charge is 2.61. The highest BCUT2D eigenvalue weighted by Crippen LogP contribution is 2.40. The summed E-state index contributed by atoms with van der Waals surface area (Å²) < 4.78 is 23.5. The van der Waals surface area contributed by atoms with E-state index in [1.54, 1.807) is 0 Å². The number of rotatable bonds is 0. The van der Waals surface area contributed by atoms with Crippen LogP contribution in [0, 0.1) is 0 Å². The summed E-state index contributed by atoms with van der Waals surface area (Å²) >= 11 is 0. The van der Waals surface area contributed by atoms with Crippen molar-refractivity contribution in [2.45, 2.75) is 63.9 Å². The largest absolute Gasteiger partial charge is 0.488 e. The highest BCUT2D eigenvalue weighted by molar-refractivity contribution is 7.11. The molecule has 3 rings (SSSR count). The summed E-state index contributed by atoms with van der Waals surface area (Å²) in [5, 5.41) is 0. The average Bonchev–Trinajstić information content (AvgIpc) is 2.59. The number of hydrogen-bond acceptors (Lipinski definition) is 4. The lowest BCUT2D eigenvalue weighted by Gasteiger charge is -2.29. The van der Waals surface area contributed by atoms with Gasteiger partial charge in [0.05, 0.1) is 23.4 Å². The van der Waals surface area contributed by atoms with E-state index < -0.39 is 0 Å². The third-order valence-electron chi connectivity index (χ3n) is 3.90. The van der Waals surface area contributed by atoms with Gasteiger partial charge in [0, 0.05) is 0 Å². The van der Waals surface area contributed by atoms with Crippen molar-refractivity contribution in [3.05, 3.63) is 0 Å². The third kappa shape index (κ3) is 1.55. The fraction of sp³-hybridized carbons (Fsp3) is 1.00. The minimum atomic E-state index is -0.371. The molecular formula is C10H18B2O4. The molecule has 2 atom stereocenters. The Kier molecular flexibility index (Phi) is 2.25. The summed E-state index contributed by atoms with van der Waals surface area (Å²) in [4.78, 5) is 0. The number of fused-ring (bicyclic) bond motifs is 5. The summed E-state index contributed by atoms with van der Waals surface area (Å²) in [6.07, 6.45) is 2.24. The quantitative estimate of drug-likeness (QED) is 0.579. The van der Waals surface area contributed by atoms with E-state index in [9.17, 15) is 0 Å². The lowest BCUT2D eigenvalue weighted by Crippen LogP contribution is -2.41. The molecule has 0 amide bonds. The molecule has 3 aliphatic rings. The molecule has 3 aliphatic heterocycles. The Morgan fingerprint density at radius 1 is 0.812 bits per heavy atom. The van der Waals surface area contributed by atoms with Gasteiger partial charge in [0.2, 0.25) is 0 Å². The molecule has 0 aromatic heterocycles. The van der Waals surface area contributed by atoms with Gasteiger partial charge in [0.1, 0.15) is 0 Å². The second kappa shape index (κ2) is 3.25. The molecule has 16 heavy (non-hydrogen) atoms. The molecular weight excluding hydrogens is 206 g/mol. The van der Waals surface area contributed by atoms with E-state index in [1.807, 2.05) is 0 Å². The first-order valence-corrected chi connectivity index (χ1v) is 6.05. The Hall–Kier alpha value is -0.0301. The first kappa shape index (κ1) is 11.1. The maximum Gasteiger partial charge on any atom is 0.488 e. The zero-order valence-electron chi connectivity index (χ0n) is 10.4. The van der Waals surface area contributed by atoms with Gasteiger partial charge < -0.3 is 18.6 Å². The molecule has 88 valence electrons. The van der Waals surface area contributed by atoms with E-state index in [-0.39, 0.29) is 37.4 Å². The lowest BCUT2D eigenvalue weighted by atomic mass is 9.49. The van der Waals surface area contributed by atoms with Crippen LogP contribution in [0.1, 0.15) is 40.5 Å². The summed E-state index contributed by atoms with van der Waals surface area (Å²) in [5.41, 5.74) is -0.460. The van der Waals surface area contributed by atoms with Crippen LogP contribution in [0.4, 0.5) is 0 Å². The molecule has 2 unspecified atom stereocenters. The van der Waals surface area contributed by atoms with Crippen LogP contribution < -0.4 is 0 Å². The van der Waals surface area contributed by atoms with Crippen molar-refractivity contribution >= 4 is 14.0 Å². The van der Waals surface area contributed by atoms with Crippen molar-refractivity contribution < 1.29 is 18.6 Å². The van der Waals surface area contributed by atoms with Gasteiger partial charge in [-0.2, -0.15) is 0 Å². The normalized spacial score (nSPS) is 39.8. The van der Waals surface area contributed by atoms with E-state index in [4.69, 9.17) is 18.6 Å². The fourth-order valence-corrected chi connectivity index (χ4v) is 2.83. The van der Waals surface area contributed by atoms with Crippen LogP contribution in [0.5, 0.6) is 0 Å². The van der Waals surface area contributed by atoms with E-state index in [0.29, 0.717) is 0 Å². The molecule has 0 aromatic carbocycles. The zero-order chi connectivity index (χ0) is 11.6. The molecule has 4 nitrogen and oxygen atoms in total. The average molecular weight is 224 g/mol. The monoisotopic (exact) mass is 224 g/mol. The molecule has 0 radical (unpaired) electrons. The topological polar surface area (TPSA) is 36.9 Å². The first-order chi connectivity index (χ1) is 7.38. The first-order valence-electron chi connectivity index (χ1n) is 6.05. The molecule has 0 N–H and O–H groups in total. The Balaban J connectivity index is 1.87. The Morgan fingerprint density at radius 3 is 1.56 bits per heavy atom. The fourth-order valence-electron chi connectivity index (χ4n) is 2.83. The van der Waals surface area contributed by atoms with Crippen molar-refractivity contribution in [3.8, 4) is 0 Å². The lowest BCUT2D eigenvalue weighted by molar-refractivity contribution is 0.0337. The Bertz CT molecular complexity index is 277. The molecule has 6 heteroatoms. The van der Waals surface area contributed by atoms with Crippen LogP contribution >= 0.6 is 0 Å². The molecule has 3 heterocycles. The Morgan fingerprint density at radius 2 is 1.19 bits per heavy atom. The summed E-state index contributed by atoms with van der Waals surface area (Å²) in [5.74, 6) is 0. The van der Waals surface area contributed by atoms with Crippen molar-refractivity contribution in [1.82, 2.24) is 0 Å². The van der Waals surface area contributed by atoms with E-state index in [1.165, 1.54) is 0 Å². The second-order valence-corrected chi connectivity index (χ2v) is 6.01. The van der Waals surface area contributed by atoms with Gasteiger partial charge in [0.25, 0.3) is 0 Å². The van der Waals surface area contributed by atoms with Gasteiger partial charge in [0.15, 0.2) is 0 Å². The molecule has 3 saturated heterocycles. The van der Waals surface area contributed by atoms with Crippen molar-refractivity contribution in [2.24, 2.45) is 0 Å². The SMILES string of the molecule is CC1(C)OB2OC1CCC1OB2OC1(C)C. The summed E-state index contributed by atoms with van der Waals surface area (Å²) in [6.45, 7) is 8.28. The predicted molar refractivity (Wildman–Crippen MR) is 60.8 cm³/mol. The van der Waals surface area contributed by atoms with Crippen LogP contribution in [-0.4, -0.2) is 37.4 Å². The van der Waals surface area contributed by atoms with Crippen molar-refractivity contribution in [2.75, 3.05) is 0 Å². The molecule has 0 aliphatic carbocycles. The number of hydrogen-bond donors (Lipinski definition) is 0. The molecule has 0 saturated carbocycles. The van der Waals surface area contributed by atoms with Gasteiger partial charge in [-0.1, -0.05) is 0 Å². The van der Waals surface area contributed by atoms with Gasteiger partial charge in [-0.3, -0.25) is 0 Å². The minimum Gasteiger partial charge on any atom is -0.408 e. The zero-order valence-corrected chi connectivity index (χ0v) is 10.4. The van der Waals surface area contributed by atoms with Gasteiger partial charge in [-0.25, -0.2) is 0 Å². The van der Waals surface area contributed by atoms with Crippen molar-refractivity contribution in [3.63, 3.8) is 0 Å². The van der Waals surface area contributed by atoms with Gasteiger partial charge in [-0.05, 0) is 40.5 Å². The van der Waals surface area contributed by atoms with Crippen LogP contribution in [0.25, 0.3) is 0 Å².